The first kappa shape index (κ1) is 15.2. The lowest BCUT2D eigenvalue weighted by molar-refractivity contribution is -0.118. The number of para-hydroxylation sites is 1. The van der Waals surface area contributed by atoms with E-state index in [0.29, 0.717) is 27.0 Å². The fraction of sp³-hybridized carbons (Fsp3) is 0.0667. The van der Waals surface area contributed by atoms with Crippen LogP contribution < -0.4 is 10.1 Å². The quantitative estimate of drug-likeness (QED) is 0.929. The van der Waals surface area contributed by atoms with Gasteiger partial charge in [0.2, 0.25) is 0 Å². The second-order valence-corrected chi connectivity index (χ2v) is 4.91. The van der Waals surface area contributed by atoms with Crippen molar-refractivity contribution < 1.29 is 9.53 Å². The van der Waals surface area contributed by atoms with Crippen molar-refractivity contribution in [2.75, 3.05) is 11.9 Å². The highest BCUT2D eigenvalue weighted by molar-refractivity contribution is 6.34. The van der Waals surface area contributed by atoms with Crippen molar-refractivity contribution >= 4 is 34.8 Å². The van der Waals surface area contributed by atoms with Crippen LogP contribution in [-0.2, 0) is 4.79 Å². The highest BCUT2D eigenvalue weighted by Gasteiger charge is 2.09. The summed E-state index contributed by atoms with van der Waals surface area (Å²) in [5, 5.41) is 12.4. The van der Waals surface area contributed by atoms with Crippen molar-refractivity contribution in [2.45, 2.75) is 0 Å². The molecule has 2 aromatic rings. The molecule has 21 heavy (non-hydrogen) atoms. The second-order valence-electron chi connectivity index (χ2n) is 4.07. The van der Waals surface area contributed by atoms with Crippen molar-refractivity contribution in [3.63, 3.8) is 0 Å². The van der Waals surface area contributed by atoms with Gasteiger partial charge in [0.15, 0.2) is 6.61 Å². The Hall–Kier alpha value is -2.22. The Labute approximate surface area is 131 Å². The summed E-state index contributed by atoms with van der Waals surface area (Å²) >= 11 is 11.8. The summed E-state index contributed by atoms with van der Waals surface area (Å²) in [6.07, 6.45) is 0. The van der Waals surface area contributed by atoms with Gasteiger partial charge in [-0.3, -0.25) is 4.79 Å². The average Bonchev–Trinajstić information content (AvgIpc) is 2.49. The Balaban J connectivity index is 2.00. The van der Waals surface area contributed by atoms with Crippen LogP contribution in [0.15, 0.2) is 42.5 Å². The van der Waals surface area contributed by atoms with Gasteiger partial charge in [0.25, 0.3) is 5.91 Å². The van der Waals surface area contributed by atoms with E-state index in [1.165, 1.54) is 6.07 Å². The minimum absolute atomic E-state index is 0.236. The smallest absolute Gasteiger partial charge is 0.262 e. The highest BCUT2D eigenvalue weighted by Crippen LogP contribution is 2.27. The van der Waals surface area contributed by atoms with Gasteiger partial charge in [0.1, 0.15) is 11.8 Å². The zero-order valence-corrected chi connectivity index (χ0v) is 12.3. The van der Waals surface area contributed by atoms with Crippen LogP contribution in [0.2, 0.25) is 10.0 Å². The Morgan fingerprint density at radius 3 is 2.76 bits per heavy atom. The van der Waals surface area contributed by atoms with Crippen molar-refractivity contribution in [3.05, 3.63) is 58.1 Å². The van der Waals surface area contributed by atoms with E-state index in [1.54, 1.807) is 36.4 Å². The van der Waals surface area contributed by atoms with E-state index in [1.807, 2.05) is 6.07 Å². The number of hydrogen-bond donors (Lipinski definition) is 1. The third-order valence-electron chi connectivity index (χ3n) is 2.57. The average molecular weight is 321 g/mol. The normalized spacial score (nSPS) is 9.76. The number of benzene rings is 2. The van der Waals surface area contributed by atoms with Crippen molar-refractivity contribution in [1.82, 2.24) is 0 Å². The van der Waals surface area contributed by atoms with Crippen LogP contribution in [0.4, 0.5) is 5.69 Å². The van der Waals surface area contributed by atoms with E-state index in [9.17, 15) is 4.79 Å². The van der Waals surface area contributed by atoms with Gasteiger partial charge in [-0.1, -0.05) is 35.3 Å². The molecule has 2 rings (SSSR count). The van der Waals surface area contributed by atoms with Gasteiger partial charge in [-0.2, -0.15) is 5.26 Å². The van der Waals surface area contributed by atoms with E-state index in [-0.39, 0.29) is 6.61 Å². The molecule has 0 saturated heterocycles. The number of carbonyl (C=O) groups excluding carboxylic acids is 1. The molecule has 0 spiro atoms. The van der Waals surface area contributed by atoms with Crippen LogP contribution in [0.3, 0.4) is 0 Å². The molecule has 0 saturated carbocycles. The molecule has 0 radical (unpaired) electrons. The monoisotopic (exact) mass is 320 g/mol. The maximum atomic E-state index is 11.8. The van der Waals surface area contributed by atoms with Gasteiger partial charge in [-0.05, 0) is 24.3 Å². The zero-order valence-electron chi connectivity index (χ0n) is 10.8. The summed E-state index contributed by atoms with van der Waals surface area (Å²) in [5.74, 6) is -0.0679. The Bertz CT molecular complexity index is 711. The van der Waals surface area contributed by atoms with Crippen LogP contribution in [0, 0.1) is 11.3 Å². The Kier molecular flexibility index (Phi) is 5.04. The predicted molar refractivity (Wildman–Crippen MR) is 81.7 cm³/mol. The van der Waals surface area contributed by atoms with Crippen molar-refractivity contribution in [3.8, 4) is 11.8 Å². The molecule has 0 fully saturated rings. The van der Waals surface area contributed by atoms with Crippen LogP contribution in [0.5, 0.6) is 5.75 Å². The number of nitrogens with zero attached hydrogens (tertiary/aromatic N) is 1. The van der Waals surface area contributed by atoms with Gasteiger partial charge >= 0.3 is 0 Å². The van der Waals surface area contributed by atoms with E-state index < -0.39 is 5.91 Å². The van der Waals surface area contributed by atoms with Crippen molar-refractivity contribution in [1.29, 1.82) is 5.26 Å². The first-order chi connectivity index (χ1) is 10.1. The topological polar surface area (TPSA) is 62.1 Å². The lowest BCUT2D eigenvalue weighted by Gasteiger charge is -2.09. The zero-order chi connectivity index (χ0) is 15.2. The van der Waals surface area contributed by atoms with Crippen molar-refractivity contribution in [2.24, 2.45) is 0 Å². The number of ether oxygens (including phenoxy) is 1. The molecule has 0 aliphatic carbocycles. The standard InChI is InChI=1S/C15H10Cl2N2O2/c16-11-5-6-12(17)14(7-11)21-9-15(20)19-13-4-2-1-3-10(13)8-18/h1-7H,9H2,(H,19,20). The van der Waals surface area contributed by atoms with Crippen LogP contribution in [0.25, 0.3) is 0 Å². The number of hydrogen-bond acceptors (Lipinski definition) is 3. The minimum Gasteiger partial charge on any atom is -0.482 e. The molecule has 1 N–H and O–H groups in total. The van der Waals surface area contributed by atoms with E-state index >= 15 is 0 Å². The van der Waals surface area contributed by atoms with Gasteiger partial charge in [0, 0.05) is 11.1 Å². The number of halogens is 2. The molecule has 6 heteroatoms. The maximum Gasteiger partial charge on any atom is 0.262 e. The molecule has 0 aromatic heterocycles. The molecule has 0 atom stereocenters. The number of carbonyl (C=O) groups is 1. The Morgan fingerprint density at radius 1 is 1.24 bits per heavy atom. The molecule has 0 aliphatic rings. The van der Waals surface area contributed by atoms with E-state index in [4.69, 9.17) is 33.2 Å². The van der Waals surface area contributed by atoms with Crippen LogP contribution in [-0.4, -0.2) is 12.5 Å². The maximum absolute atomic E-state index is 11.8. The van der Waals surface area contributed by atoms with Gasteiger partial charge in [-0.15, -0.1) is 0 Å². The molecular weight excluding hydrogens is 311 g/mol. The second kappa shape index (κ2) is 6.98. The number of nitriles is 1. The third-order valence-corrected chi connectivity index (χ3v) is 3.12. The first-order valence-corrected chi connectivity index (χ1v) is 6.72. The molecule has 4 nitrogen and oxygen atoms in total. The molecule has 2 aromatic carbocycles. The third kappa shape index (κ3) is 4.12. The molecule has 0 heterocycles. The summed E-state index contributed by atoms with van der Waals surface area (Å²) in [6.45, 7) is -0.236. The van der Waals surface area contributed by atoms with Gasteiger partial charge < -0.3 is 10.1 Å². The fourth-order valence-corrected chi connectivity index (χ4v) is 1.94. The summed E-state index contributed by atoms with van der Waals surface area (Å²) in [4.78, 5) is 11.8. The number of amides is 1. The van der Waals surface area contributed by atoms with Gasteiger partial charge in [-0.25, -0.2) is 0 Å². The van der Waals surface area contributed by atoms with E-state index in [2.05, 4.69) is 5.32 Å². The SMILES string of the molecule is N#Cc1ccccc1NC(=O)COc1cc(Cl)ccc1Cl. The summed E-state index contributed by atoms with van der Waals surface area (Å²) in [5.41, 5.74) is 0.817. The predicted octanol–water partition coefficient (Wildman–Crippen LogP) is 3.88. The molecular formula is C15H10Cl2N2O2. The minimum atomic E-state index is -0.395. The lowest BCUT2D eigenvalue weighted by Crippen LogP contribution is -2.20. The van der Waals surface area contributed by atoms with Crippen LogP contribution in [0.1, 0.15) is 5.56 Å². The molecule has 0 bridgehead atoms. The van der Waals surface area contributed by atoms with Gasteiger partial charge in [0.05, 0.1) is 16.3 Å². The molecule has 0 unspecified atom stereocenters. The summed E-state index contributed by atoms with van der Waals surface area (Å²) in [7, 11) is 0. The van der Waals surface area contributed by atoms with E-state index in [0.717, 1.165) is 0 Å². The molecule has 106 valence electrons. The Morgan fingerprint density at radius 2 is 2.00 bits per heavy atom. The molecule has 0 aliphatic heterocycles. The first-order valence-electron chi connectivity index (χ1n) is 5.97. The lowest BCUT2D eigenvalue weighted by atomic mass is 10.2. The highest BCUT2D eigenvalue weighted by atomic mass is 35.5. The summed E-state index contributed by atoms with van der Waals surface area (Å²) < 4.78 is 5.31. The van der Waals surface area contributed by atoms with Crippen LogP contribution >= 0.6 is 23.2 Å². The number of rotatable bonds is 4. The number of anilines is 1. The summed E-state index contributed by atoms with van der Waals surface area (Å²) in [6, 6.07) is 13.4. The number of nitrogens with one attached hydrogen (secondary N) is 1. The molecule has 1 amide bonds. The fourth-order valence-electron chi connectivity index (χ4n) is 1.61. The largest absolute Gasteiger partial charge is 0.482 e.